The van der Waals surface area contributed by atoms with E-state index in [2.05, 4.69) is 5.32 Å². The molecule has 2 aromatic carbocycles. The van der Waals surface area contributed by atoms with Crippen molar-refractivity contribution in [1.29, 1.82) is 0 Å². The lowest BCUT2D eigenvalue weighted by molar-refractivity contribution is -0.153. The molecule has 7 nitrogen and oxygen atoms in total. The fraction of sp³-hybridized carbons (Fsp3) is 0.400. The Balaban J connectivity index is 1.74. The molecule has 2 N–H and O–H groups in total. The van der Waals surface area contributed by atoms with Crippen molar-refractivity contribution in [2.45, 2.75) is 43.8 Å². The first-order valence-corrected chi connectivity index (χ1v) is 13.2. The maximum atomic E-state index is 15.0. The summed E-state index contributed by atoms with van der Waals surface area (Å²) < 4.78 is 30.0. The van der Waals surface area contributed by atoms with E-state index < -0.39 is 66.1 Å². The van der Waals surface area contributed by atoms with E-state index in [-0.39, 0.29) is 37.0 Å². The van der Waals surface area contributed by atoms with Gasteiger partial charge in [0.15, 0.2) is 0 Å². The first-order chi connectivity index (χ1) is 17.7. The number of carboxylic acids is 1. The molecule has 202 valence electrons. The summed E-state index contributed by atoms with van der Waals surface area (Å²) in [6.07, 6.45) is -0.811. The van der Waals surface area contributed by atoms with Crippen LogP contribution in [0, 0.1) is 11.8 Å². The fourth-order valence-corrected chi connectivity index (χ4v) is 7.35. The zero-order valence-electron chi connectivity index (χ0n) is 19.9. The summed E-state index contributed by atoms with van der Waals surface area (Å²) in [6.45, 7) is 2.45. The first kappa shape index (κ1) is 27.4. The first-order valence-electron chi connectivity index (χ1n) is 11.7. The smallest absolute Gasteiger partial charge is 0.310 e. The number of rotatable bonds is 4. The van der Waals surface area contributed by atoms with Crippen molar-refractivity contribution in [3.05, 3.63) is 56.0 Å². The number of halogens is 6. The van der Waals surface area contributed by atoms with Crippen LogP contribution in [0.15, 0.2) is 30.3 Å². The quantitative estimate of drug-likeness (QED) is 0.450. The third-order valence-electron chi connectivity index (χ3n) is 7.47. The molecule has 3 heterocycles. The van der Waals surface area contributed by atoms with Crippen LogP contribution >= 0.6 is 46.4 Å². The molecule has 1 unspecified atom stereocenters. The van der Waals surface area contributed by atoms with Gasteiger partial charge >= 0.3 is 5.97 Å². The van der Waals surface area contributed by atoms with Gasteiger partial charge in [-0.1, -0.05) is 46.4 Å². The van der Waals surface area contributed by atoms with Crippen LogP contribution in [0.1, 0.15) is 25.8 Å². The van der Waals surface area contributed by atoms with E-state index in [0.717, 1.165) is 4.90 Å². The number of hydrogen-bond donors (Lipinski definition) is 2. The molecule has 3 aliphatic heterocycles. The Bertz CT molecular complexity index is 1370. The fourth-order valence-electron chi connectivity index (χ4n) is 6.30. The largest absolute Gasteiger partial charge is 0.481 e. The molecule has 0 aromatic heterocycles. The van der Waals surface area contributed by atoms with Gasteiger partial charge in [0.05, 0.1) is 23.2 Å². The SMILES string of the molecule is CC(C)N(C(=O)C1[C@H]2CC(F)(F)CN2[C@]2(C(=O)Nc3c(Cl)cc(Cl)cc32)[C@H]1C(=O)O)c1cc(Cl)cc(Cl)c1. The van der Waals surface area contributed by atoms with Crippen LogP contribution in [0.2, 0.25) is 20.1 Å². The van der Waals surface area contributed by atoms with Crippen molar-refractivity contribution in [2.24, 2.45) is 11.8 Å². The number of amides is 2. The van der Waals surface area contributed by atoms with E-state index >= 15 is 0 Å². The topological polar surface area (TPSA) is 90.0 Å². The number of alkyl halides is 2. The van der Waals surface area contributed by atoms with Gasteiger partial charge in [0.25, 0.3) is 11.8 Å². The summed E-state index contributed by atoms with van der Waals surface area (Å²) in [4.78, 5) is 43.4. The Labute approximate surface area is 236 Å². The van der Waals surface area contributed by atoms with Crippen molar-refractivity contribution in [3.8, 4) is 0 Å². The van der Waals surface area contributed by atoms with Gasteiger partial charge in [0.1, 0.15) is 11.5 Å². The number of nitrogens with zero attached hydrogens (tertiary/aromatic N) is 2. The Morgan fingerprint density at radius 1 is 1.08 bits per heavy atom. The third-order valence-corrected chi connectivity index (χ3v) is 8.42. The second-order valence-corrected chi connectivity index (χ2v) is 11.8. The molecular formula is C25H21Cl4F2N3O4. The Kier molecular flexibility index (Phi) is 6.63. The minimum Gasteiger partial charge on any atom is -0.481 e. The van der Waals surface area contributed by atoms with Gasteiger partial charge in [0.2, 0.25) is 5.91 Å². The molecule has 0 bridgehead atoms. The lowest BCUT2D eigenvalue weighted by Gasteiger charge is -2.36. The molecule has 0 saturated carbocycles. The summed E-state index contributed by atoms with van der Waals surface area (Å²) in [7, 11) is 0. The molecule has 2 amide bonds. The maximum absolute atomic E-state index is 15.0. The summed E-state index contributed by atoms with van der Waals surface area (Å²) in [6, 6.07) is 5.30. The average Bonchev–Trinajstić information content (AvgIpc) is 3.34. The number of carbonyl (C=O) groups is 3. The van der Waals surface area contributed by atoms with Crippen molar-refractivity contribution in [3.63, 3.8) is 0 Å². The molecule has 2 saturated heterocycles. The lowest BCUT2D eigenvalue weighted by atomic mass is 9.73. The highest BCUT2D eigenvalue weighted by molar-refractivity contribution is 6.38. The zero-order chi connectivity index (χ0) is 27.9. The third kappa shape index (κ3) is 3.97. The highest BCUT2D eigenvalue weighted by Crippen LogP contribution is 2.61. The van der Waals surface area contributed by atoms with E-state index in [1.54, 1.807) is 13.8 Å². The predicted molar refractivity (Wildman–Crippen MR) is 141 cm³/mol. The van der Waals surface area contributed by atoms with Gasteiger partial charge in [-0.3, -0.25) is 19.3 Å². The Morgan fingerprint density at radius 2 is 1.68 bits per heavy atom. The average molecular weight is 607 g/mol. The van der Waals surface area contributed by atoms with Gasteiger partial charge in [0, 0.05) is 44.8 Å². The Hall–Kier alpha value is -2.17. The second-order valence-electron chi connectivity index (χ2n) is 10.1. The van der Waals surface area contributed by atoms with Crippen LogP contribution in [0.25, 0.3) is 0 Å². The molecule has 3 aliphatic rings. The minimum atomic E-state index is -3.28. The van der Waals surface area contributed by atoms with E-state index in [1.807, 2.05) is 0 Å². The standard InChI is InChI=1S/C25H21Cl4F2N3O4/c1-10(2)34(14-4-11(26)3-12(27)5-14)21(35)18-17-8-24(30,31)9-33(17)25(19(18)22(36)37)15-6-13(28)7-16(29)20(15)32-23(25)38/h3-7,10,17-19H,8-9H2,1-2H3,(H,32,38)(H,36,37)/t17-,18?,19-,25+/m1/s1. The number of nitrogens with one attached hydrogen (secondary N) is 1. The van der Waals surface area contributed by atoms with E-state index in [9.17, 15) is 28.3 Å². The van der Waals surface area contributed by atoms with Crippen LogP contribution in [-0.4, -0.2) is 52.3 Å². The van der Waals surface area contributed by atoms with Gasteiger partial charge in [-0.05, 0) is 44.2 Å². The van der Waals surface area contributed by atoms with E-state index in [1.165, 1.54) is 35.2 Å². The number of fused-ring (bicyclic) bond motifs is 4. The lowest BCUT2D eigenvalue weighted by Crippen LogP contribution is -2.54. The highest BCUT2D eigenvalue weighted by atomic mass is 35.5. The monoisotopic (exact) mass is 605 g/mol. The number of anilines is 2. The van der Waals surface area contributed by atoms with Crippen LogP contribution in [-0.2, 0) is 19.9 Å². The number of carboxylic acid groups (broad SMARTS) is 1. The molecule has 13 heteroatoms. The van der Waals surface area contributed by atoms with Gasteiger partial charge < -0.3 is 15.3 Å². The van der Waals surface area contributed by atoms with E-state index in [0.29, 0.717) is 0 Å². The predicted octanol–water partition coefficient (Wildman–Crippen LogP) is 5.93. The zero-order valence-corrected chi connectivity index (χ0v) is 23.0. The molecule has 4 atom stereocenters. The number of aliphatic carboxylic acids is 1. The maximum Gasteiger partial charge on any atom is 0.310 e. The molecule has 1 spiro atoms. The second kappa shape index (κ2) is 9.20. The molecule has 2 aromatic rings. The molecule has 38 heavy (non-hydrogen) atoms. The number of hydrogen-bond acceptors (Lipinski definition) is 4. The van der Waals surface area contributed by atoms with Crippen LogP contribution in [0.5, 0.6) is 0 Å². The van der Waals surface area contributed by atoms with Gasteiger partial charge in [-0.25, -0.2) is 8.78 Å². The number of benzene rings is 2. The van der Waals surface area contributed by atoms with Crippen LogP contribution < -0.4 is 10.2 Å². The molecular weight excluding hydrogens is 586 g/mol. The van der Waals surface area contributed by atoms with Gasteiger partial charge in [-0.2, -0.15) is 0 Å². The van der Waals surface area contributed by atoms with Crippen molar-refractivity contribution < 1.29 is 28.3 Å². The molecule has 2 fully saturated rings. The van der Waals surface area contributed by atoms with Crippen molar-refractivity contribution in [2.75, 3.05) is 16.8 Å². The molecule has 0 radical (unpaired) electrons. The normalized spacial score (nSPS) is 27.5. The summed E-state index contributed by atoms with van der Waals surface area (Å²) in [5, 5.41) is 13.7. The van der Waals surface area contributed by atoms with Crippen LogP contribution in [0.3, 0.4) is 0 Å². The number of carbonyl (C=O) groups excluding carboxylic acids is 2. The van der Waals surface area contributed by atoms with Crippen molar-refractivity contribution >= 4 is 75.6 Å². The van der Waals surface area contributed by atoms with E-state index in [4.69, 9.17) is 46.4 Å². The van der Waals surface area contributed by atoms with Gasteiger partial charge in [-0.15, -0.1) is 0 Å². The summed E-state index contributed by atoms with van der Waals surface area (Å²) in [5.74, 6) is -9.65. The van der Waals surface area contributed by atoms with Crippen molar-refractivity contribution in [1.82, 2.24) is 4.90 Å². The van der Waals surface area contributed by atoms with Crippen LogP contribution in [0.4, 0.5) is 20.2 Å². The highest BCUT2D eigenvalue weighted by Gasteiger charge is 2.74. The summed E-state index contributed by atoms with van der Waals surface area (Å²) >= 11 is 24.9. The Morgan fingerprint density at radius 3 is 2.26 bits per heavy atom. The molecule has 5 rings (SSSR count). The minimum absolute atomic E-state index is 0.0246. The summed E-state index contributed by atoms with van der Waals surface area (Å²) in [5.41, 5.74) is -1.75. The molecule has 0 aliphatic carbocycles.